The van der Waals surface area contributed by atoms with E-state index in [9.17, 15) is 4.21 Å². The van der Waals surface area contributed by atoms with Crippen molar-refractivity contribution in [3.8, 4) is 11.3 Å². The second kappa shape index (κ2) is 5.40. The Bertz CT molecular complexity index is 789. The van der Waals surface area contributed by atoms with Gasteiger partial charge in [0.1, 0.15) is 0 Å². The first kappa shape index (κ1) is 12.8. The van der Waals surface area contributed by atoms with E-state index in [-0.39, 0.29) is 0 Å². The first-order valence-corrected chi connectivity index (χ1v) is 7.17. The third-order valence-corrected chi connectivity index (χ3v) is 3.39. The van der Waals surface area contributed by atoms with Gasteiger partial charge in [0.2, 0.25) is 0 Å². The molecule has 1 unspecified atom stereocenters. The summed E-state index contributed by atoms with van der Waals surface area (Å²) in [5.74, 6) is 0. The molecule has 1 aromatic heterocycles. The van der Waals surface area contributed by atoms with E-state index in [0.717, 1.165) is 22.2 Å². The molecule has 3 rings (SSSR count). The van der Waals surface area contributed by atoms with Crippen LogP contribution in [0.1, 0.15) is 0 Å². The van der Waals surface area contributed by atoms with Crippen LogP contribution in [0.5, 0.6) is 0 Å². The van der Waals surface area contributed by atoms with Gasteiger partial charge < -0.3 is 0 Å². The van der Waals surface area contributed by atoms with Crippen LogP contribution in [0.3, 0.4) is 0 Å². The Kier molecular flexibility index (Phi) is 3.45. The third kappa shape index (κ3) is 2.54. The van der Waals surface area contributed by atoms with Gasteiger partial charge in [-0.1, -0.05) is 42.5 Å². The number of rotatable bonds is 3. The Morgan fingerprint density at radius 1 is 0.950 bits per heavy atom. The molecule has 0 aliphatic heterocycles. The summed E-state index contributed by atoms with van der Waals surface area (Å²) < 4.78 is 22.4. The number of pyridine rings is 1. The first-order valence-electron chi connectivity index (χ1n) is 6.07. The fraction of sp³-hybridized carbons (Fsp3) is 0. The molecule has 2 aromatic carbocycles. The minimum Gasteiger partial charge on any atom is -0.289 e. The predicted octanol–water partition coefficient (Wildman–Crippen LogP) is 3.45. The van der Waals surface area contributed by atoms with Crippen LogP contribution in [0.25, 0.3) is 22.2 Å². The topological polar surface area (TPSA) is 62.2 Å². The number of hydrogen-bond acceptors (Lipinski definition) is 2. The number of fused-ring (bicyclic) bond motifs is 1. The molecule has 0 saturated carbocycles. The van der Waals surface area contributed by atoms with Crippen LogP contribution in [-0.4, -0.2) is 13.7 Å². The lowest BCUT2D eigenvalue weighted by atomic mass is 10.1. The van der Waals surface area contributed by atoms with Crippen LogP contribution >= 0.6 is 0 Å². The lowest BCUT2D eigenvalue weighted by molar-refractivity contribution is 0.570. The summed E-state index contributed by atoms with van der Waals surface area (Å²) in [6.45, 7) is 0. The van der Waals surface area contributed by atoms with Crippen molar-refractivity contribution < 1.29 is 8.76 Å². The molecule has 100 valence electrons. The lowest BCUT2D eigenvalue weighted by Crippen LogP contribution is -2.03. The molecule has 0 spiro atoms. The molecule has 5 heteroatoms. The second-order valence-electron chi connectivity index (χ2n) is 4.29. The highest BCUT2D eigenvalue weighted by molar-refractivity contribution is 7.80. The van der Waals surface area contributed by atoms with E-state index in [0.29, 0.717) is 5.69 Å². The van der Waals surface area contributed by atoms with Gasteiger partial charge in [0, 0.05) is 10.9 Å². The molecule has 20 heavy (non-hydrogen) atoms. The predicted molar refractivity (Wildman–Crippen MR) is 81.6 cm³/mol. The van der Waals surface area contributed by atoms with Gasteiger partial charge in [0.25, 0.3) is 11.3 Å². The zero-order valence-electron chi connectivity index (χ0n) is 10.5. The highest BCUT2D eigenvalue weighted by Crippen LogP contribution is 2.28. The molecule has 4 nitrogen and oxygen atoms in total. The van der Waals surface area contributed by atoms with Gasteiger partial charge in [-0.05, 0) is 18.2 Å². The summed E-state index contributed by atoms with van der Waals surface area (Å²) in [4.78, 5) is 4.59. The van der Waals surface area contributed by atoms with Gasteiger partial charge in [-0.25, -0.2) is 9.19 Å². The molecule has 0 amide bonds. The zero-order valence-corrected chi connectivity index (χ0v) is 11.3. The Morgan fingerprint density at radius 2 is 1.70 bits per heavy atom. The Balaban J connectivity index is 2.13. The average molecular weight is 284 g/mol. The standard InChI is InChI=1S/C15H12N2O2S/c18-20(19)17-15-8-4-2-6-12(15)14-10-9-11-5-1-3-7-13(11)16-14/h1-10,17H,(H,18,19). The molecular formula is C15H12N2O2S. The quantitative estimate of drug-likeness (QED) is 0.724. The van der Waals surface area contributed by atoms with E-state index in [2.05, 4.69) is 9.71 Å². The van der Waals surface area contributed by atoms with Gasteiger partial charge in [0.15, 0.2) is 0 Å². The molecule has 1 atom stereocenters. The van der Waals surface area contributed by atoms with E-state index >= 15 is 0 Å². The molecule has 3 aromatic rings. The minimum atomic E-state index is -2.11. The Hall–Kier alpha value is -2.24. The van der Waals surface area contributed by atoms with Crippen LogP contribution < -0.4 is 4.72 Å². The van der Waals surface area contributed by atoms with E-state index in [4.69, 9.17) is 4.55 Å². The van der Waals surface area contributed by atoms with Gasteiger partial charge in [-0.15, -0.1) is 0 Å². The van der Waals surface area contributed by atoms with Crippen LogP contribution in [-0.2, 0) is 11.3 Å². The number of nitrogens with one attached hydrogen (secondary N) is 1. The van der Waals surface area contributed by atoms with Crippen molar-refractivity contribution in [1.82, 2.24) is 4.98 Å². The zero-order chi connectivity index (χ0) is 13.9. The molecule has 0 aliphatic carbocycles. The Labute approximate surface area is 118 Å². The fourth-order valence-electron chi connectivity index (χ4n) is 2.11. The summed E-state index contributed by atoms with van der Waals surface area (Å²) in [5, 5.41) is 1.06. The molecule has 0 bridgehead atoms. The molecule has 1 heterocycles. The molecule has 0 radical (unpaired) electrons. The van der Waals surface area contributed by atoms with Crippen molar-refractivity contribution in [3.05, 3.63) is 60.7 Å². The summed E-state index contributed by atoms with van der Waals surface area (Å²) in [6, 6.07) is 19.0. The maximum Gasteiger partial charge on any atom is 0.259 e. The third-order valence-electron chi connectivity index (χ3n) is 3.00. The van der Waals surface area contributed by atoms with Crippen LogP contribution in [0, 0.1) is 0 Å². The normalized spacial score (nSPS) is 12.2. The number of aromatic nitrogens is 1. The number of para-hydroxylation sites is 2. The van der Waals surface area contributed by atoms with E-state index in [1.54, 1.807) is 12.1 Å². The lowest BCUT2D eigenvalue weighted by Gasteiger charge is -2.09. The Morgan fingerprint density at radius 3 is 2.55 bits per heavy atom. The first-order chi connectivity index (χ1) is 9.74. The van der Waals surface area contributed by atoms with Crippen molar-refractivity contribution in [2.75, 3.05) is 4.72 Å². The highest BCUT2D eigenvalue weighted by Gasteiger charge is 2.07. The van der Waals surface area contributed by atoms with Crippen molar-refractivity contribution in [3.63, 3.8) is 0 Å². The molecule has 0 aliphatic rings. The fourth-order valence-corrected chi connectivity index (χ4v) is 2.47. The van der Waals surface area contributed by atoms with Gasteiger partial charge in [-0.3, -0.25) is 9.27 Å². The van der Waals surface area contributed by atoms with Crippen molar-refractivity contribution >= 4 is 27.9 Å². The molecular weight excluding hydrogens is 272 g/mol. The number of hydrogen-bond donors (Lipinski definition) is 2. The van der Waals surface area contributed by atoms with E-state index < -0.39 is 11.3 Å². The SMILES string of the molecule is O=S(O)Nc1ccccc1-c1ccc2ccccc2n1. The monoisotopic (exact) mass is 284 g/mol. The number of benzene rings is 2. The van der Waals surface area contributed by atoms with Crippen LogP contribution in [0.15, 0.2) is 60.7 Å². The average Bonchev–Trinajstić information content (AvgIpc) is 2.47. The van der Waals surface area contributed by atoms with E-state index in [1.807, 2.05) is 48.5 Å². The van der Waals surface area contributed by atoms with Gasteiger partial charge in [0.05, 0.1) is 16.9 Å². The van der Waals surface area contributed by atoms with Crippen molar-refractivity contribution in [1.29, 1.82) is 0 Å². The van der Waals surface area contributed by atoms with Gasteiger partial charge >= 0.3 is 0 Å². The summed E-state index contributed by atoms with van der Waals surface area (Å²) in [5.41, 5.74) is 3.03. The molecule has 0 saturated heterocycles. The molecule has 0 fully saturated rings. The summed E-state index contributed by atoms with van der Waals surface area (Å²) >= 11 is -2.11. The largest absolute Gasteiger partial charge is 0.289 e. The van der Waals surface area contributed by atoms with Crippen molar-refractivity contribution in [2.24, 2.45) is 0 Å². The number of nitrogens with zero attached hydrogens (tertiary/aromatic N) is 1. The number of anilines is 1. The minimum absolute atomic E-state index is 0.580. The maximum absolute atomic E-state index is 10.9. The molecule has 2 N–H and O–H groups in total. The van der Waals surface area contributed by atoms with Crippen LogP contribution in [0.2, 0.25) is 0 Å². The summed E-state index contributed by atoms with van der Waals surface area (Å²) in [6.07, 6.45) is 0. The van der Waals surface area contributed by atoms with Crippen LogP contribution in [0.4, 0.5) is 5.69 Å². The second-order valence-corrected chi connectivity index (χ2v) is 4.99. The van der Waals surface area contributed by atoms with Crippen molar-refractivity contribution in [2.45, 2.75) is 0 Å². The van der Waals surface area contributed by atoms with Gasteiger partial charge in [-0.2, -0.15) is 0 Å². The highest BCUT2D eigenvalue weighted by atomic mass is 32.2. The smallest absolute Gasteiger partial charge is 0.259 e. The maximum atomic E-state index is 10.9. The van der Waals surface area contributed by atoms with E-state index in [1.165, 1.54) is 0 Å². The summed E-state index contributed by atoms with van der Waals surface area (Å²) in [7, 11) is 0.